The summed E-state index contributed by atoms with van der Waals surface area (Å²) in [6.07, 6.45) is 3.14. The molecule has 0 radical (unpaired) electrons. The van der Waals surface area contributed by atoms with Crippen LogP contribution in [0.3, 0.4) is 0 Å². The lowest BCUT2D eigenvalue weighted by Crippen LogP contribution is -2.47. The van der Waals surface area contributed by atoms with E-state index in [0.29, 0.717) is 22.4 Å². The molecule has 2 heterocycles. The molecule has 0 saturated carbocycles. The van der Waals surface area contributed by atoms with E-state index in [4.69, 9.17) is 4.42 Å². The van der Waals surface area contributed by atoms with Gasteiger partial charge in [-0.1, -0.05) is 54.6 Å². The minimum absolute atomic E-state index is 0.282. The van der Waals surface area contributed by atoms with E-state index in [2.05, 4.69) is 4.98 Å². The van der Waals surface area contributed by atoms with E-state index in [1.54, 1.807) is 48.6 Å². The number of carbonyl (C=O) groups is 3. The Morgan fingerprint density at radius 1 is 0.816 bits per heavy atom. The molecule has 0 N–H and O–H groups in total. The van der Waals surface area contributed by atoms with E-state index in [-0.39, 0.29) is 11.9 Å². The van der Waals surface area contributed by atoms with Crippen molar-refractivity contribution in [1.82, 2.24) is 9.88 Å². The third-order valence-electron chi connectivity index (χ3n) is 6.86. The highest BCUT2D eigenvalue weighted by molar-refractivity contribution is 6.41. The Balaban J connectivity index is 1.65. The molecule has 7 heteroatoms. The van der Waals surface area contributed by atoms with E-state index in [1.807, 2.05) is 67.6 Å². The molecule has 3 aromatic carbocycles. The maximum absolute atomic E-state index is 14.2. The molecule has 190 valence electrons. The van der Waals surface area contributed by atoms with Crippen LogP contribution in [0.1, 0.15) is 37.1 Å². The first-order valence-corrected chi connectivity index (χ1v) is 12.3. The summed E-state index contributed by atoms with van der Waals surface area (Å²) in [6.45, 7) is 3.13. The molecule has 0 spiro atoms. The van der Waals surface area contributed by atoms with Crippen LogP contribution in [-0.4, -0.2) is 34.5 Å². The van der Waals surface area contributed by atoms with Gasteiger partial charge in [0.25, 0.3) is 11.8 Å². The van der Waals surface area contributed by atoms with Crippen LogP contribution < -0.4 is 4.90 Å². The molecule has 0 bridgehead atoms. The smallest absolute Gasteiger partial charge is 0.295 e. The van der Waals surface area contributed by atoms with Gasteiger partial charge in [-0.25, -0.2) is 0 Å². The van der Waals surface area contributed by atoms with E-state index >= 15 is 0 Å². The summed E-state index contributed by atoms with van der Waals surface area (Å²) in [5, 5.41) is 1.81. The largest absolute Gasteiger partial charge is 0.456 e. The number of aromatic nitrogens is 1. The molecule has 1 unspecified atom stereocenters. The second kappa shape index (κ2) is 10.3. The fourth-order valence-corrected chi connectivity index (χ4v) is 4.70. The van der Waals surface area contributed by atoms with Crippen LogP contribution in [0.5, 0.6) is 0 Å². The Bertz CT molecular complexity index is 1630. The van der Waals surface area contributed by atoms with E-state index in [0.717, 1.165) is 16.3 Å². The van der Waals surface area contributed by atoms with Crippen LogP contribution in [0.2, 0.25) is 0 Å². The van der Waals surface area contributed by atoms with Gasteiger partial charge in [0, 0.05) is 54.5 Å². The van der Waals surface area contributed by atoms with Gasteiger partial charge < -0.3 is 9.32 Å². The highest BCUT2D eigenvalue weighted by Crippen LogP contribution is 2.36. The summed E-state index contributed by atoms with van der Waals surface area (Å²) in [5.41, 5.74) is 3.07. The first-order chi connectivity index (χ1) is 18.4. The molecule has 0 aliphatic heterocycles. The number of likely N-dealkylation sites (N-methyl/N-ethyl adjacent to an activating group) is 1. The Morgan fingerprint density at radius 2 is 1.50 bits per heavy atom. The van der Waals surface area contributed by atoms with Gasteiger partial charge in [0.05, 0.1) is 6.04 Å². The fraction of sp³-hybridized carbons (Fsp3) is 0.161. The van der Waals surface area contributed by atoms with Gasteiger partial charge in [0.2, 0.25) is 5.78 Å². The number of hydrogen-bond donors (Lipinski definition) is 0. The molecule has 2 aromatic heterocycles. The number of Topliss-reactive ketones (excluding diaryl/α,β-unsaturated/α-hetero) is 1. The highest BCUT2D eigenvalue weighted by atomic mass is 16.3. The maximum Gasteiger partial charge on any atom is 0.295 e. The fourth-order valence-electron chi connectivity index (χ4n) is 4.70. The number of nitrogens with zero attached hydrogens (tertiary/aromatic N) is 3. The molecule has 38 heavy (non-hydrogen) atoms. The third kappa shape index (κ3) is 4.54. The van der Waals surface area contributed by atoms with Crippen molar-refractivity contribution in [2.75, 3.05) is 11.9 Å². The SMILES string of the molecule is CC(=O)C(=O)N(c1ccc2c(c1)oc1ccccc12)C(C(=O)N(C)[C@@H](C)c1ccccc1)c1cccnc1. The predicted octanol–water partition coefficient (Wildman–Crippen LogP) is 5.86. The molecular formula is C31H27N3O4. The number of rotatable bonds is 7. The van der Waals surface area contributed by atoms with Crippen molar-refractivity contribution in [3.8, 4) is 0 Å². The van der Waals surface area contributed by atoms with Crippen molar-refractivity contribution in [2.24, 2.45) is 0 Å². The number of furan rings is 1. The minimum Gasteiger partial charge on any atom is -0.456 e. The van der Waals surface area contributed by atoms with E-state index in [1.165, 1.54) is 11.8 Å². The normalized spacial score (nSPS) is 12.7. The van der Waals surface area contributed by atoms with Gasteiger partial charge in [-0.3, -0.25) is 24.3 Å². The summed E-state index contributed by atoms with van der Waals surface area (Å²) in [7, 11) is 1.70. The minimum atomic E-state index is -1.13. The van der Waals surface area contributed by atoms with Gasteiger partial charge in [0.1, 0.15) is 17.2 Å². The monoisotopic (exact) mass is 505 g/mol. The standard InChI is InChI=1S/C31H27N3O4/c1-20(22-10-5-4-6-11-22)33(3)31(37)29(23-12-9-17-32-19-23)34(30(36)21(2)35)24-15-16-26-25-13-7-8-14-27(25)38-28(26)18-24/h4-20,29H,1-3H3/t20-,29?/m0/s1. The van der Waals surface area contributed by atoms with Crippen molar-refractivity contribution >= 4 is 45.2 Å². The Labute approximate surface area is 220 Å². The van der Waals surface area contributed by atoms with Crippen LogP contribution in [0.4, 0.5) is 5.69 Å². The number of hydrogen-bond acceptors (Lipinski definition) is 5. The number of carbonyl (C=O) groups excluding carboxylic acids is 3. The first kappa shape index (κ1) is 24.9. The van der Waals surface area contributed by atoms with Crippen molar-refractivity contribution in [3.05, 3.63) is 108 Å². The van der Waals surface area contributed by atoms with Crippen molar-refractivity contribution in [1.29, 1.82) is 0 Å². The van der Waals surface area contributed by atoms with Gasteiger partial charge >= 0.3 is 0 Å². The lowest BCUT2D eigenvalue weighted by molar-refractivity contribution is -0.138. The molecule has 0 aliphatic carbocycles. The van der Waals surface area contributed by atoms with Gasteiger partial charge in [0.15, 0.2) is 0 Å². The van der Waals surface area contributed by atoms with Crippen molar-refractivity contribution in [3.63, 3.8) is 0 Å². The maximum atomic E-state index is 14.2. The first-order valence-electron chi connectivity index (χ1n) is 12.3. The number of amides is 2. The summed E-state index contributed by atoms with van der Waals surface area (Å²) >= 11 is 0. The third-order valence-corrected chi connectivity index (χ3v) is 6.86. The number of para-hydroxylation sites is 1. The van der Waals surface area contributed by atoms with Gasteiger partial charge in [-0.2, -0.15) is 0 Å². The van der Waals surface area contributed by atoms with Crippen LogP contribution in [0.25, 0.3) is 21.9 Å². The van der Waals surface area contributed by atoms with Crippen LogP contribution in [-0.2, 0) is 14.4 Å². The summed E-state index contributed by atoms with van der Waals surface area (Å²) in [4.78, 5) is 47.2. The number of anilines is 1. The van der Waals surface area contributed by atoms with E-state index in [9.17, 15) is 14.4 Å². The molecule has 0 aliphatic rings. The summed E-state index contributed by atoms with van der Waals surface area (Å²) in [6, 6.07) is 24.6. The lowest BCUT2D eigenvalue weighted by atomic mass is 10.0. The molecule has 5 rings (SSSR count). The number of ketones is 1. The Kier molecular flexibility index (Phi) is 6.75. The van der Waals surface area contributed by atoms with Crippen LogP contribution in [0.15, 0.2) is 102 Å². The Hall–Kier alpha value is -4.78. The predicted molar refractivity (Wildman–Crippen MR) is 146 cm³/mol. The zero-order chi connectivity index (χ0) is 26.8. The van der Waals surface area contributed by atoms with E-state index < -0.39 is 17.7 Å². The Morgan fingerprint density at radius 3 is 2.21 bits per heavy atom. The number of benzene rings is 3. The van der Waals surface area contributed by atoms with Crippen LogP contribution in [0, 0.1) is 0 Å². The zero-order valence-electron chi connectivity index (χ0n) is 21.4. The molecule has 0 saturated heterocycles. The van der Waals surface area contributed by atoms with Gasteiger partial charge in [-0.15, -0.1) is 0 Å². The average Bonchev–Trinajstić information content (AvgIpc) is 3.33. The topological polar surface area (TPSA) is 83.7 Å². The van der Waals surface area contributed by atoms with Crippen LogP contribution >= 0.6 is 0 Å². The number of pyridine rings is 1. The van der Waals surface area contributed by atoms with Crippen molar-refractivity contribution in [2.45, 2.75) is 25.9 Å². The quantitative estimate of drug-likeness (QED) is 0.259. The summed E-state index contributed by atoms with van der Waals surface area (Å²) < 4.78 is 6.04. The molecule has 7 nitrogen and oxygen atoms in total. The van der Waals surface area contributed by atoms with Gasteiger partial charge in [-0.05, 0) is 36.8 Å². The molecule has 0 fully saturated rings. The lowest BCUT2D eigenvalue weighted by Gasteiger charge is -2.35. The molecule has 5 aromatic rings. The highest BCUT2D eigenvalue weighted by Gasteiger charge is 2.37. The number of fused-ring (bicyclic) bond motifs is 3. The zero-order valence-corrected chi connectivity index (χ0v) is 21.4. The molecule has 2 atom stereocenters. The molecular weight excluding hydrogens is 478 g/mol. The van der Waals surface area contributed by atoms with Crippen molar-refractivity contribution < 1.29 is 18.8 Å². The summed E-state index contributed by atoms with van der Waals surface area (Å²) in [5.74, 6) is -1.84. The second-order valence-electron chi connectivity index (χ2n) is 9.23. The average molecular weight is 506 g/mol. The molecule has 2 amide bonds. The second-order valence-corrected chi connectivity index (χ2v) is 9.23.